The SMILES string of the molecule is CC(C)(C)c1cc(-c2cccc3c2oc2c(C(C)(C)C)cccc23)cc(C(C)(C)C)c1.[2H]c1c([2H])c(C)c([2H])c(-c2cccc3oc4cccc(C(C)(C)C)c4c23)c1[2H].[2H]c1c([2H])c(C)c([2H])c(-c2cccc3sc4cccc(C(C)(C)C)c4c23)c1[2H].[2H]c1c([2H])c([2H])c(-c2cccc3c2oc2c(C(C)(C)C)cccc23)c([2H])c1[2H].[2H]c1c([2H])c([2H])c(-c2cccc3c2sc2c(C(C)(C)C)cccc23)c([2H])c1[2H]. The van der Waals surface area contributed by atoms with Crippen molar-refractivity contribution in [2.45, 2.75) is 197 Å². The maximum absolute atomic E-state index is 8.60. The minimum absolute atomic E-state index is 0.0166. The normalized spacial score (nSPS) is 14.5. The molecule has 5 aromatic heterocycles. The van der Waals surface area contributed by atoms with E-state index in [1.807, 2.05) is 91.0 Å². The standard InChI is InChI=1S/C30H36O.C23H22O.C23H22S.C22H20O.C22H20S/c1-28(2,3)20-16-19(17-21(18-20)29(4,5)6)22-12-10-13-23-24-14-11-15-25(30(7,8)9)27(24)31-26(22)23;2*1-15-8-5-9-16(14-15)17-10-6-12-19-21(17)22-18(23(2,3)4)11-7-13-20(22)24-19;2*1-22(2,3)19-14-8-13-18-17-12-7-11-16(20(17)23-21(18)19)15-9-5-4-6-10-15/h10-18H,1-9H3;2*5-14H,1-4H3;2*4-14H,1-3H3/i;2*5D,8D,9D,14D;2*4D,5D,6D,9D,10D. The molecule has 0 atom stereocenters. The van der Waals surface area contributed by atoms with Gasteiger partial charge < -0.3 is 13.3 Å². The Morgan fingerprint density at radius 1 is 0.240 bits per heavy atom. The van der Waals surface area contributed by atoms with Crippen LogP contribution in [0.15, 0.2) is 322 Å². The van der Waals surface area contributed by atoms with Crippen molar-refractivity contribution in [3.8, 4) is 55.6 Å². The van der Waals surface area contributed by atoms with Crippen molar-refractivity contribution < 1.29 is 37.9 Å². The molecule has 125 heavy (non-hydrogen) atoms. The van der Waals surface area contributed by atoms with Gasteiger partial charge in [0.1, 0.15) is 33.5 Å². The van der Waals surface area contributed by atoms with Crippen molar-refractivity contribution in [1.82, 2.24) is 0 Å². The van der Waals surface area contributed by atoms with E-state index in [2.05, 4.69) is 249 Å². The van der Waals surface area contributed by atoms with Crippen LogP contribution in [0, 0.1) is 13.8 Å². The Labute approximate surface area is 774 Å². The van der Waals surface area contributed by atoms with Crippen LogP contribution in [0.2, 0.25) is 0 Å². The summed E-state index contributed by atoms with van der Waals surface area (Å²) in [5.41, 5.74) is 20.6. The molecule has 0 radical (unpaired) electrons. The minimum atomic E-state index is -0.398. The van der Waals surface area contributed by atoms with Crippen LogP contribution >= 0.6 is 22.7 Å². The van der Waals surface area contributed by atoms with E-state index in [-0.39, 0.29) is 152 Å². The highest BCUT2D eigenvalue weighted by molar-refractivity contribution is 7.26. The fraction of sp³-hybridized carbons (Fsp3) is 0.250. The summed E-state index contributed by atoms with van der Waals surface area (Å²) in [5.74, 6) is 0. The molecule has 0 spiro atoms. The Hall–Kier alpha value is -11.9. The number of para-hydroxylation sites is 4. The predicted octanol–water partition coefficient (Wildman–Crippen LogP) is 36.9. The summed E-state index contributed by atoms with van der Waals surface area (Å²) in [5, 5.41) is 10.5. The molecule has 0 N–H and O–H groups in total. The molecule has 0 aliphatic heterocycles. The van der Waals surface area contributed by atoms with Crippen LogP contribution in [0.4, 0.5) is 0 Å². The van der Waals surface area contributed by atoms with E-state index in [0.717, 1.165) is 86.1 Å². The van der Waals surface area contributed by atoms with Crippen LogP contribution in [0.25, 0.3) is 162 Å². The van der Waals surface area contributed by atoms with Gasteiger partial charge in [-0.05, 0) is 148 Å². The maximum Gasteiger partial charge on any atom is 0.143 e. The number of fused-ring (bicyclic) bond motifs is 15. The number of rotatable bonds is 5. The van der Waals surface area contributed by atoms with Gasteiger partial charge in [0.05, 0.1) is 24.7 Å². The molecule has 0 aliphatic carbocycles. The van der Waals surface area contributed by atoms with Gasteiger partial charge >= 0.3 is 0 Å². The van der Waals surface area contributed by atoms with Crippen molar-refractivity contribution in [3.63, 3.8) is 0 Å². The summed E-state index contributed by atoms with van der Waals surface area (Å²) < 4.78 is 171. The summed E-state index contributed by atoms with van der Waals surface area (Å²) in [7, 11) is 0. The predicted molar refractivity (Wildman–Crippen MR) is 547 cm³/mol. The molecule has 0 saturated carbocycles. The van der Waals surface area contributed by atoms with Gasteiger partial charge in [0.15, 0.2) is 0 Å². The van der Waals surface area contributed by atoms with Crippen LogP contribution in [-0.2, 0) is 37.9 Å². The first-order chi connectivity index (χ1) is 66.8. The zero-order valence-electron chi connectivity index (χ0n) is 94.1. The highest BCUT2D eigenvalue weighted by Crippen LogP contribution is 2.50. The molecule has 3 nitrogen and oxygen atoms in total. The second kappa shape index (κ2) is 33.6. The Kier molecular flexibility index (Phi) is 17.9. The Morgan fingerprint density at radius 2 is 0.584 bits per heavy atom. The topological polar surface area (TPSA) is 39.4 Å². The highest BCUT2D eigenvalue weighted by atomic mass is 32.1. The van der Waals surface area contributed by atoms with Gasteiger partial charge in [-0.2, -0.15) is 0 Å². The van der Waals surface area contributed by atoms with Gasteiger partial charge in [0.2, 0.25) is 0 Å². The molecule has 0 aliphatic rings. The zero-order valence-corrected chi connectivity index (χ0v) is 77.7. The lowest BCUT2D eigenvalue weighted by Gasteiger charge is -2.26. The molecule has 5 heteroatoms. The van der Waals surface area contributed by atoms with Crippen LogP contribution in [0.1, 0.15) is 220 Å². The Balaban J connectivity index is 0.000000128. The fourth-order valence-corrected chi connectivity index (χ4v) is 19.5. The number of hydrogen-bond acceptors (Lipinski definition) is 5. The monoisotopic (exact) mass is 1690 g/mol. The summed E-state index contributed by atoms with van der Waals surface area (Å²) >= 11 is 3.35. The van der Waals surface area contributed by atoms with Crippen molar-refractivity contribution >= 4 is 129 Å². The van der Waals surface area contributed by atoms with E-state index >= 15 is 0 Å². The largest absolute Gasteiger partial charge is 0.456 e. The quantitative estimate of drug-likeness (QED) is 0.172. The van der Waals surface area contributed by atoms with Crippen LogP contribution in [-0.4, -0.2) is 0 Å². The van der Waals surface area contributed by atoms with Crippen LogP contribution in [0.3, 0.4) is 0 Å². The minimum Gasteiger partial charge on any atom is -0.456 e. The molecule has 5 heterocycles. The van der Waals surface area contributed by atoms with E-state index in [9.17, 15) is 0 Å². The lowest BCUT2D eigenvalue weighted by Crippen LogP contribution is -2.16. The molecular formula is C120H120O3S2. The van der Waals surface area contributed by atoms with Gasteiger partial charge in [-0.15, -0.1) is 22.7 Å². The molecule has 630 valence electrons. The average Bonchev–Trinajstić information content (AvgIpc) is 1.61. The summed E-state index contributed by atoms with van der Waals surface area (Å²) in [6.07, 6.45) is 0. The van der Waals surface area contributed by atoms with Gasteiger partial charge in [0, 0.05) is 94.9 Å². The van der Waals surface area contributed by atoms with Crippen LogP contribution in [0.5, 0.6) is 0 Å². The first-order valence-corrected chi connectivity index (χ1v) is 44.6. The molecule has 0 amide bonds. The third-order valence-corrected chi connectivity index (χ3v) is 25.6. The molecular weight excluding hydrogens is 1550 g/mol. The van der Waals surface area contributed by atoms with E-state index in [1.54, 1.807) is 42.6 Å². The van der Waals surface area contributed by atoms with Crippen molar-refractivity contribution in [2.24, 2.45) is 0 Å². The van der Waals surface area contributed by atoms with Crippen molar-refractivity contribution in [2.75, 3.05) is 0 Å². The van der Waals surface area contributed by atoms with Gasteiger partial charge in [-0.25, -0.2) is 0 Å². The first kappa shape index (κ1) is 66.6. The number of thiophene rings is 2. The van der Waals surface area contributed by atoms with E-state index in [1.165, 1.54) is 64.5 Å². The smallest absolute Gasteiger partial charge is 0.143 e. The second-order valence-electron chi connectivity index (χ2n) is 39.9. The molecule has 0 fully saturated rings. The van der Waals surface area contributed by atoms with Crippen molar-refractivity contribution in [3.05, 3.63) is 359 Å². The highest BCUT2D eigenvalue weighted by Gasteiger charge is 2.29. The third-order valence-electron chi connectivity index (χ3n) is 23.2. The number of benzene rings is 15. The average molecular weight is 1690 g/mol. The van der Waals surface area contributed by atoms with Gasteiger partial charge in [-0.1, -0.05) is 441 Å². The molecule has 0 bridgehead atoms. The number of furan rings is 3. The summed E-state index contributed by atoms with van der Waals surface area (Å²) in [6, 6.07) is 64.7. The van der Waals surface area contributed by atoms with Crippen LogP contribution < -0.4 is 0 Å². The molecule has 0 unspecified atom stereocenters. The lowest BCUT2D eigenvalue weighted by atomic mass is 9.79. The van der Waals surface area contributed by atoms with Crippen molar-refractivity contribution in [1.29, 1.82) is 0 Å². The molecule has 0 saturated heterocycles. The summed E-state index contributed by atoms with van der Waals surface area (Å²) in [4.78, 5) is 0. The Morgan fingerprint density at radius 3 is 1.06 bits per heavy atom. The van der Waals surface area contributed by atoms with E-state index < -0.39 is 6.04 Å². The fourth-order valence-electron chi connectivity index (χ4n) is 16.8. The first-order valence-electron chi connectivity index (χ1n) is 52.0. The molecule has 15 aromatic carbocycles. The summed E-state index contributed by atoms with van der Waals surface area (Å²) in [6.45, 7) is 49.8. The zero-order chi connectivity index (χ0) is 104. The molecule has 20 rings (SSSR count). The number of hydrogen-bond donors (Lipinski definition) is 0. The van der Waals surface area contributed by atoms with Gasteiger partial charge in [-0.3, -0.25) is 0 Å². The van der Waals surface area contributed by atoms with Gasteiger partial charge in [0.25, 0.3) is 0 Å². The Bertz CT molecular complexity index is 8020. The second-order valence-corrected chi connectivity index (χ2v) is 42.0. The molecule has 20 aromatic rings. The maximum atomic E-state index is 8.60. The van der Waals surface area contributed by atoms with E-state index in [0.29, 0.717) is 50.1 Å². The van der Waals surface area contributed by atoms with E-state index in [4.69, 9.17) is 37.9 Å². The third kappa shape index (κ3) is 17.6. The lowest BCUT2D eigenvalue weighted by molar-refractivity contribution is 0.568.